The number of nitrogens with zero attached hydrogens (tertiary/aromatic N) is 2. The largest absolute Gasteiger partial charge is 0.489 e. The van der Waals surface area contributed by atoms with E-state index in [0.29, 0.717) is 6.61 Å². The van der Waals surface area contributed by atoms with Crippen LogP contribution in [0.3, 0.4) is 0 Å². The van der Waals surface area contributed by atoms with Crippen LogP contribution in [0.2, 0.25) is 0 Å². The van der Waals surface area contributed by atoms with Gasteiger partial charge in [0, 0.05) is 31.9 Å². The molecule has 3 rings (SSSR count). The van der Waals surface area contributed by atoms with Gasteiger partial charge in [0.05, 0.1) is 6.54 Å². The zero-order valence-corrected chi connectivity index (χ0v) is 13.0. The van der Waals surface area contributed by atoms with Gasteiger partial charge in [0.15, 0.2) is 0 Å². The Bertz CT molecular complexity index is 662. The van der Waals surface area contributed by atoms with Gasteiger partial charge in [-0.2, -0.15) is 0 Å². The standard InChI is InChI=1S/C18H21N3O/c1-21(2)16-8-6-14(7-9-16)13-22-17-5-3-4-15(12-17)18-19-10-11-20-18/h3-9,12H,10-11,13H2,1-2H3,(H,19,20). The molecule has 1 aliphatic rings. The number of rotatable bonds is 5. The fraction of sp³-hybridized carbons (Fsp3) is 0.278. The van der Waals surface area contributed by atoms with Crippen LogP contribution in [0, 0.1) is 0 Å². The number of nitrogens with one attached hydrogen (secondary N) is 1. The predicted molar refractivity (Wildman–Crippen MR) is 90.9 cm³/mol. The van der Waals surface area contributed by atoms with Crippen LogP contribution in [0.15, 0.2) is 53.5 Å². The highest BCUT2D eigenvalue weighted by Crippen LogP contribution is 2.17. The molecule has 0 aromatic heterocycles. The van der Waals surface area contributed by atoms with Gasteiger partial charge in [0.1, 0.15) is 18.2 Å². The SMILES string of the molecule is CN(C)c1ccc(COc2cccc(C3=NCCN3)c2)cc1. The highest BCUT2D eigenvalue weighted by molar-refractivity contribution is 6.00. The number of amidine groups is 1. The van der Waals surface area contributed by atoms with Crippen molar-refractivity contribution in [2.45, 2.75) is 6.61 Å². The Morgan fingerprint density at radius 3 is 2.64 bits per heavy atom. The van der Waals surface area contributed by atoms with Gasteiger partial charge in [-0.3, -0.25) is 4.99 Å². The Morgan fingerprint density at radius 1 is 1.14 bits per heavy atom. The monoisotopic (exact) mass is 295 g/mol. The van der Waals surface area contributed by atoms with Crippen LogP contribution in [-0.4, -0.2) is 33.0 Å². The van der Waals surface area contributed by atoms with Crippen molar-refractivity contribution in [3.8, 4) is 5.75 Å². The first kappa shape index (κ1) is 14.4. The number of aliphatic imine (C=N–C) groups is 1. The Hall–Kier alpha value is -2.49. The van der Waals surface area contributed by atoms with Crippen LogP contribution in [-0.2, 0) is 6.61 Å². The molecule has 0 amide bonds. The first-order chi connectivity index (χ1) is 10.7. The molecule has 4 heteroatoms. The smallest absolute Gasteiger partial charge is 0.128 e. The number of ether oxygens (including phenoxy) is 1. The minimum atomic E-state index is 0.567. The Labute approximate surface area is 131 Å². The second kappa shape index (κ2) is 6.52. The highest BCUT2D eigenvalue weighted by atomic mass is 16.5. The number of anilines is 1. The van der Waals surface area contributed by atoms with Gasteiger partial charge in [0.25, 0.3) is 0 Å². The molecule has 2 aromatic carbocycles. The van der Waals surface area contributed by atoms with E-state index in [2.05, 4.69) is 45.5 Å². The minimum absolute atomic E-state index is 0.567. The van der Waals surface area contributed by atoms with Gasteiger partial charge < -0.3 is 15.0 Å². The molecule has 0 aliphatic carbocycles. The molecule has 0 saturated heterocycles. The van der Waals surface area contributed by atoms with E-state index in [1.165, 1.54) is 5.69 Å². The summed E-state index contributed by atoms with van der Waals surface area (Å²) in [7, 11) is 4.08. The maximum atomic E-state index is 5.90. The van der Waals surface area contributed by atoms with Crippen molar-refractivity contribution in [3.05, 3.63) is 59.7 Å². The molecule has 0 fully saturated rings. The molecule has 0 atom stereocenters. The van der Waals surface area contributed by atoms with Crippen LogP contribution in [0.1, 0.15) is 11.1 Å². The van der Waals surface area contributed by atoms with Gasteiger partial charge in [-0.05, 0) is 29.8 Å². The van der Waals surface area contributed by atoms with Crippen LogP contribution in [0.4, 0.5) is 5.69 Å². The molecule has 0 saturated carbocycles. The third-order valence-electron chi connectivity index (χ3n) is 3.64. The average molecular weight is 295 g/mol. The maximum Gasteiger partial charge on any atom is 0.128 e. The van der Waals surface area contributed by atoms with Crippen molar-refractivity contribution < 1.29 is 4.74 Å². The summed E-state index contributed by atoms with van der Waals surface area (Å²) in [4.78, 5) is 6.52. The van der Waals surface area contributed by atoms with Crippen molar-refractivity contribution in [3.63, 3.8) is 0 Å². The fourth-order valence-corrected chi connectivity index (χ4v) is 2.38. The van der Waals surface area contributed by atoms with Gasteiger partial charge in [0.2, 0.25) is 0 Å². The average Bonchev–Trinajstić information content (AvgIpc) is 3.08. The predicted octanol–water partition coefficient (Wildman–Crippen LogP) is 2.68. The van der Waals surface area contributed by atoms with E-state index in [0.717, 1.165) is 35.8 Å². The first-order valence-corrected chi connectivity index (χ1v) is 7.50. The molecule has 0 bridgehead atoms. The summed E-state index contributed by atoms with van der Waals surface area (Å²) in [6.07, 6.45) is 0. The minimum Gasteiger partial charge on any atom is -0.489 e. The van der Waals surface area contributed by atoms with Crippen molar-refractivity contribution in [1.82, 2.24) is 5.32 Å². The van der Waals surface area contributed by atoms with Crippen LogP contribution in [0.25, 0.3) is 0 Å². The van der Waals surface area contributed by atoms with E-state index in [1.807, 2.05) is 32.3 Å². The third-order valence-corrected chi connectivity index (χ3v) is 3.64. The first-order valence-electron chi connectivity index (χ1n) is 7.50. The van der Waals surface area contributed by atoms with Gasteiger partial charge in [-0.15, -0.1) is 0 Å². The van der Waals surface area contributed by atoms with Crippen molar-refractivity contribution >= 4 is 11.5 Å². The summed E-state index contributed by atoms with van der Waals surface area (Å²) >= 11 is 0. The van der Waals surface area contributed by atoms with E-state index in [-0.39, 0.29) is 0 Å². The summed E-state index contributed by atoms with van der Waals surface area (Å²) in [5.41, 5.74) is 3.43. The molecular formula is C18H21N3O. The van der Waals surface area contributed by atoms with Crippen LogP contribution in [0.5, 0.6) is 5.75 Å². The zero-order valence-electron chi connectivity index (χ0n) is 13.0. The van der Waals surface area contributed by atoms with E-state index < -0.39 is 0 Å². The Balaban J connectivity index is 1.65. The lowest BCUT2D eigenvalue weighted by atomic mass is 10.2. The molecule has 1 heterocycles. The fourth-order valence-electron chi connectivity index (χ4n) is 2.38. The molecule has 0 unspecified atom stereocenters. The zero-order chi connectivity index (χ0) is 15.4. The molecular weight excluding hydrogens is 274 g/mol. The molecule has 22 heavy (non-hydrogen) atoms. The topological polar surface area (TPSA) is 36.9 Å². The second-order valence-electron chi connectivity index (χ2n) is 5.53. The summed E-state index contributed by atoms with van der Waals surface area (Å²) in [5, 5.41) is 3.28. The molecule has 4 nitrogen and oxygen atoms in total. The molecule has 0 radical (unpaired) electrons. The molecule has 2 aromatic rings. The Kier molecular flexibility index (Phi) is 4.28. The van der Waals surface area contributed by atoms with E-state index in [9.17, 15) is 0 Å². The van der Waals surface area contributed by atoms with E-state index in [1.54, 1.807) is 0 Å². The lowest BCUT2D eigenvalue weighted by Gasteiger charge is -2.13. The van der Waals surface area contributed by atoms with Crippen molar-refractivity contribution in [2.24, 2.45) is 4.99 Å². The van der Waals surface area contributed by atoms with Crippen molar-refractivity contribution in [2.75, 3.05) is 32.1 Å². The summed E-state index contributed by atoms with van der Waals surface area (Å²) in [6, 6.07) is 16.5. The van der Waals surface area contributed by atoms with Gasteiger partial charge >= 0.3 is 0 Å². The molecule has 0 spiro atoms. The quantitative estimate of drug-likeness (QED) is 0.921. The number of hydrogen-bond acceptors (Lipinski definition) is 4. The summed E-state index contributed by atoms with van der Waals surface area (Å²) in [6.45, 7) is 2.33. The van der Waals surface area contributed by atoms with E-state index >= 15 is 0 Å². The third kappa shape index (κ3) is 3.39. The molecule has 1 N–H and O–H groups in total. The summed E-state index contributed by atoms with van der Waals surface area (Å²) in [5.74, 6) is 1.83. The van der Waals surface area contributed by atoms with Crippen LogP contribution >= 0.6 is 0 Å². The summed E-state index contributed by atoms with van der Waals surface area (Å²) < 4.78 is 5.90. The number of benzene rings is 2. The van der Waals surface area contributed by atoms with Gasteiger partial charge in [-0.25, -0.2) is 0 Å². The molecule has 114 valence electrons. The Morgan fingerprint density at radius 2 is 1.95 bits per heavy atom. The number of hydrogen-bond donors (Lipinski definition) is 1. The maximum absolute atomic E-state index is 5.90. The van der Waals surface area contributed by atoms with Crippen molar-refractivity contribution in [1.29, 1.82) is 0 Å². The second-order valence-corrected chi connectivity index (χ2v) is 5.53. The lowest BCUT2D eigenvalue weighted by Crippen LogP contribution is -2.19. The lowest BCUT2D eigenvalue weighted by molar-refractivity contribution is 0.306. The highest BCUT2D eigenvalue weighted by Gasteiger charge is 2.08. The van der Waals surface area contributed by atoms with Gasteiger partial charge in [-0.1, -0.05) is 24.3 Å². The molecule has 1 aliphatic heterocycles. The van der Waals surface area contributed by atoms with E-state index in [4.69, 9.17) is 4.74 Å². The normalized spacial score (nSPS) is 13.5. The van der Waals surface area contributed by atoms with Crippen LogP contribution < -0.4 is 15.0 Å².